The maximum atomic E-state index is 12.5. The number of amides is 1. The van der Waals surface area contributed by atoms with Crippen LogP contribution in [0.2, 0.25) is 0 Å². The fraction of sp³-hybridized carbons (Fsp3) is 0.562. The first-order valence-corrected chi connectivity index (χ1v) is 7.76. The summed E-state index contributed by atoms with van der Waals surface area (Å²) in [6.07, 6.45) is 0. The second-order valence-corrected chi connectivity index (χ2v) is 6.92. The van der Waals surface area contributed by atoms with Gasteiger partial charge in [0.25, 0.3) is 0 Å². The van der Waals surface area contributed by atoms with Gasteiger partial charge in [-0.25, -0.2) is 0 Å². The Kier molecular flexibility index (Phi) is 5.92. The van der Waals surface area contributed by atoms with Crippen molar-refractivity contribution in [3.63, 3.8) is 0 Å². The van der Waals surface area contributed by atoms with Crippen LogP contribution in [0.3, 0.4) is 0 Å². The molecule has 19 heavy (non-hydrogen) atoms. The summed E-state index contributed by atoms with van der Waals surface area (Å²) in [6, 6.07) is 8.82. The minimum atomic E-state index is -0.0486. The Morgan fingerprint density at radius 3 is 1.89 bits per heavy atom. The second-order valence-electron chi connectivity index (χ2n) is 5.51. The molecule has 106 valence electrons. The molecule has 0 aliphatic rings. The lowest BCUT2D eigenvalue weighted by Gasteiger charge is -2.33. The highest BCUT2D eigenvalue weighted by atomic mass is 32.2. The summed E-state index contributed by atoms with van der Waals surface area (Å²) in [4.78, 5) is 15.6. The summed E-state index contributed by atoms with van der Waals surface area (Å²) < 4.78 is 0. The van der Waals surface area contributed by atoms with Gasteiger partial charge in [-0.3, -0.25) is 4.79 Å². The number of hydrogen-bond donors (Lipinski definition) is 0. The molecule has 0 aliphatic heterocycles. The highest BCUT2D eigenvalue weighted by molar-refractivity contribution is 8.00. The van der Waals surface area contributed by atoms with Crippen molar-refractivity contribution in [2.75, 3.05) is 0 Å². The normalized spacial score (nSPS) is 12.8. The molecule has 0 radical (unpaired) electrons. The summed E-state index contributed by atoms with van der Waals surface area (Å²) in [7, 11) is 0. The van der Waals surface area contributed by atoms with E-state index in [0.717, 1.165) is 4.90 Å². The van der Waals surface area contributed by atoms with Gasteiger partial charge in [-0.15, -0.1) is 11.8 Å². The van der Waals surface area contributed by atoms with Crippen molar-refractivity contribution >= 4 is 17.7 Å². The third-order valence-corrected chi connectivity index (χ3v) is 4.15. The van der Waals surface area contributed by atoms with Crippen molar-refractivity contribution in [2.24, 2.45) is 0 Å². The molecule has 0 aliphatic carbocycles. The number of nitrogens with zero attached hydrogens (tertiary/aromatic N) is 1. The van der Waals surface area contributed by atoms with E-state index >= 15 is 0 Å². The molecule has 0 N–H and O–H groups in total. The van der Waals surface area contributed by atoms with Crippen LogP contribution < -0.4 is 0 Å². The molecule has 1 atom stereocenters. The molecule has 0 heterocycles. The molecular formula is C16H25NOS. The van der Waals surface area contributed by atoms with Gasteiger partial charge >= 0.3 is 0 Å². The topological polar surface area (TPSA) is 20.3 Å². The third kappa shape index (κ3) is 4.57. The molecule has 3 heteroatoms. The first-order chi connectivity index (χ1) is 8.82. The van der Waals surface area contributed by atoms with Crippen LogP contribution in [0.4, 0.5) is 0 Å². The van der Waals surface area contributed by atoms with E-state index < -0.39 is 0 Å². The summed E-state index contributed by atoms with van der Waals surface area (Å²) >= 11 is 1.63. The monoisotopic (exact) mass is 279 g/mol. The van der Waals surface area contributed by atoms with Crippen molar-refractivity contribution in [2.45, 2.75) is 63.8 Å². The molecule has 1 aromatic carbocycles. The van der Waals surface area contributed by atoms with Crippen LogP contribution in [0.1, 0.15) is 40.2 Å². The highest BCUT2D eigenvalue weighted by Gasteiger charge is 2.25. The van der Waals surface area contributed by atoms with E-state index in [1.54, 1.807) is 11.8 Å². The molecule has 0 fully saturated rings. The SMILES string of the molecule is Cc1ccc(S[C@@H](C)C(=O)N(C(C)C)C(C)C)cc1. The Labute approximate surface area is 121 Å². The lowest BCUT2D eigenvalue weighted by molar-refractivity contribution is -0.133. The molecule has 1 aromatic rings. The minimum Gasteiger partial charge on any atom is -0.337 e. The van der Waals surface area contributed by atoms with Crippen LogP contribution in [-0.2, 0) is 4.79 Å². The quantitative estimate of drug-likeness (QED) is 0.756. The summed E-state index contributed by atoms with van der Waals surface area (Å²) in [5, 5.41) is -0.0486. The average Bonchev–Trinajstić information content (AvgIpc) is 2.31. The van der Waals surface area contributed by atoms with Crippen molar-refractivity contribution in [3.8, 4) is 0 Å². The van der Waals surface area contributed by atoms with E-state index in [4.69, 9.17) is 0 Å². The first kappa shape index (κ1) is 16.1. The van der Waals surface area contributed by atoms with Crippen LogP contribution in [-0.4, -0.2) is 28.1 Å². The highest BCUT2D eigenvalue weighted by Crippen LogP contribution is 2.25. The number of thioether (sulfide) groups is 1. The minimum absolute atomic E-state index is 0.0486. The van der Waals surface area contributed by atoms with Crippen LogP contribution in [0.5, 0.6) is 0 Å². The maximum Gasteiger partial charge on any atom is 0.236 e. The van der Waals surface area contributed by atoms with Crippen LogP contribution in [0, 0.1) is 6.92 Å². The molecular weight excluding hydrogens is 254 g/mol. The number of aryl methyl sites for hydroxylation is 1. The fourth-order valence-electron chi connectivity index (χ4n) is 2.19. The fourth-order valence-corrected chi connectivity index (χ4v) is 3.11. The van der Waals surface area contributed by atoms with E-state index in [0.29, 0.717) is 0 Å². The number of carbonyl (C=O) groups excluding carboxylic acids is 1. The predicted molar refractivity (Wildman–Crippen MR) is 83.6 cm³/mol. The smallest absolute Gasteiger partial charge is 0.236 e. The Bertz CT molecular complexity index is 403. The lowest BCUT2D eigenvalue weighted by Crippen LogP contribution is -2.45. The van der Waals surface area contributed by atoms with Crippen molar-refractivity contribution in [3.05, 3.63) is 29.8 Å². The van der Waals surface area contributed by atoms with Crippen LogP contribution in [0.15, 0.2) is 29.2 Å². The lowest BCUT2D eigenvalue weighted by atomic mass is 10.2. The zero-order valence-electron chi connectivity index (χ0n) is 12.8. The summed E-state index contributed by atoms with van der Waals surface area (Å²) in [6.45, 7) is 12.3. The van der Waals surface area contributed by atoms with Gasteiger partial charge in [-0.2, -0.15) is 0 Å². The van der Waals surface area contributed by atoms with Gasteiger partial charge < -0.3 is 4.90 Å². The van der Waals surface area contributed by atoms with Crippen LogP contribution >= 0.6 is 11.8 Å². The maximum absolute atomic E-state index is 12.5. The van der Waals surface area contributed by atoms with Gasteiger partial charge in [0.05, 0.1) is 5.25 Å². The van der Waals surface area contributed by atoms with Crippen molar-refractivity contribution in [1.29, 1.82) is 0 Å². The number of benzene rings is 1. The zero-order chi connectivity index (χ0) is 14.6. The molecule has 0 saturated heterocycles. The van der Waals surface area contributed by atoms with E-state index in [-0.39, 0.29) is 23.2 Å². The standard InChI is InChI=1S/C16H25NOS/c1-11(2)17(12(3)4)16(18)14(6)19-15-9-7-13(5)8-10-15/h7-12,14H,1-6H3/t14-/m0/s1. The van der Waals surface area contributed by atoms with Gasteiger partial charge in [-0.1, -0.05) is 17.7 Å². The number of rotatable bonds is 5. The largest absolute Gasteiger partial charge is 0.337 e. The molecule has 1 amide bonds. The Morgan fingerprint density at radius 2 is 1.47 bits per heavy atom. The zero-order valence-corrected chi connectivity index (χ0v) is 13.6. The molecule has 1 rings (SSSR count). The molecule has 0 aromatic heterocycles. The van der Waals surface area contributed by atoms with Gasteiger partial charge in [0.1, 0.15) is 0 Å². The van der Waals surface area contributed by atoms with E-state index in [9.17, 15) is 4.79 Å². The van der Waals surface area contributed by atoms with Gasteiger partial charge in [0, 0.05) is 17.0 Å². The molecule has 2 nitrogen and oxygen atoms in total. The summed E-state index contributed by atoms with van der Waals surface area (Å²) in [5.74, 6) is 0.218. The Morgan fingerprint density at radius 1 is 1.00 bits per heavy atom. The molecule has 0 unspecified atom stereocenters. The number of carbonyl (C=O) groups is 1. The first-order valence-electron chi connectivity index (χ1n) is 6.88. The Hall–Kier alpha value is -0.960. The molecule has 0 saturated carbocycles. The van der Waals surface area contributed by atoms with Gasteiger partial charge in [-0.05, 0) is 53.7 Å². The average molecular weight is 279 g/mol. The van der Waals surface area contributed by atoms with E-state index in [2.05, 4.69) is 58.9 Å². The van der Waals surface area contributed by atoms with Gasteiger partial charge in [0.15, 0.2) is 0 Å². The molecule has 0 bridgehead atoms. The number of hydrogen-bond acceptors (Lipinski definition) is 2. The Balaban J connectivity index is 2.73. The van der Waals surface area contributed by atoms with Crippen LogP contribution in [0.25, 0.3) is 0 Å². The summed E-state index contributed by atoms with van der Waals surface area (Å²) in [5.41, 5.74) is 1.24. The molecule has 0 spiro atoms. The predicted octanol–water partition coefficient (Wildman–Crippen LogP) is 4.12. The second kappa shape index (κ2) is 6.99. The van der Waals surface area contributed by atoms with Crippen molar-refractivity contribution in [1.82, 2.24) is 4.90 Å². The van der Waals surface area contributed by atoms with Crippen molar-refractivity contribution < 1.29 is 4.79 Å². The third-order valence-electron chi connectivity index (χ3n) is 3.05. The van der Waals surface area contributed by atoms with E-state index in [1.807, 2.05) is 11.8 Å². The van der Waals surface area contributed by atoms with Gasteiger partial charge in [0.2, 0.25) is 5.91 Å². The van der Waals surface area contributed by atoms with E-state index in [1.165, 1.54) is 5.56 Å².